The first-order chi connectivity index (χ1) is 11.8. The standard InChI is InChI=1S/C19H20N2O3/c1-3-22-16-7-5-4-6-12(16)13-9-19(20-2)21-15-10-18-17(8-14(13)15)23-11-24-18/h4-8,10,13H,3,9,11H2,1-2H3,(H,20,21). The molecular formula is C19H20N2O3. The van der Waals surface area contributed by atoms with Crippen molar-refractivity contribution in [2.45, 2.75) is 19.3 Å². The summed E-state index contributed by atoms with van der Waals surface area (Å²) in [6.07, 6.45) is 0.799. The quantitative estimate of drug-likeness (QED) is 0.937. The molecule has 2 aliphatic heterocycles. The van der Waals surface area contributed by atoms with E-state index in [9.17, 15) is 0 Å². The lowest BCUT2D eigenvalue weighted by molar-refractivity contribution is 0.174. The molecule has 1 N–H and O–H groups in total. The highest BCUT2D eigenvalue weighted by molar-refractivity contribution is 5.89. The minimum absolute atomic E-state index is 0.164. The lowest BCUT2D eigenvalue weighted by atomic mass is 9.84. The molecule has 0 radical (unpaired) electrons. The normalized spacial score (nSPS) is 17.9. The largest absolute Gasteiger partial charge is 0.494 e. The van der Waals surface area contributed by atoms with Gasteiger partial charge in [-0.25, -0.2) is 4.99 Å². The summed E-state index contributed by atoms with van der Waals surface area (Å²) in [5, 5.41) is 3.20. The maximum absolute atomic E-state index is 5.85. The summed E-state index contributed by atoms with van der Waals surface area (Å²) < 4.78 is 16.9. The second-order valence-electron chi connectivity index (χ2n) is 5.80. The van der Waals surface area contributed by atoms with Gasteiger partial charge in [0, 0.05) is 31.0 Å². The van der Waals surface area contributed by atoms with Crippen LogP contribution in [0.25, 0.3) is 0 Å². The molecule has 0 amide bonds. The number of nitrogens with zero attached hydrogens (tertiary/aromatic N) is 1. The number of hydrogen-bond donors (Lipinski definition) is 1. The Hall–Kier alpha value is -2.69. The zero-order valence-electron chi connectivity index (χ0n) is 13.8. The van der Waals surface area contributed by atoms with E-state index in [4.69, 9.17) is 19.2 Å². The molecule has 0 saturated carbocycles. The van der Waals surface area contributed by atoms with Gasteiger partial charge in [0.25, 0.3) is 0 Å². The third-order valence-corrected chi connectivity index (χ3v) is 4.43. The SMILES string of the molecule is CCOc1ccccc1C1CC(NC)=Nc2cc3c(cc21)OCO3. The number of hydrogen-bond acceptors (Lipinski definition) is 5. The molecule has 4 rings (SSSR count). The Labute approximate surface area is 141 Å². The highest BCUT2D eigenvalue weighted by atomic mass is 16.7. The van der Waals surface area contributed by atoms with E-state index in [1.54, 1.807) is 0 Å². The molecule has 2 aliphatic rings. The van der Waals surface area contributed by atoms with Gasteiger partial charge in [-0.3, -0.25) is 0 Å². The minimum Gasteiger partial charge on any atom is -0.494 e. The van der Waals surface area contributed by atoms with Crippen LogP contribution in [0.4, 0.5) is 5.69 Å². The Morgan fingerprint density at radius 3 is 2.75 bits per heavy atom. The van der Waals surface area contributed by atoms with Gasteiger partial charge >= 0.3 is 0 Å². The Morgan fingerprint density at radius 1 is 1.17 bits per heavy atom. The zero-order chi connectivity index (χ0) is 16.5. The first kappa shape index (κ1) is 14.9. The molecular weight excluding hydrogens is 304 g/mol. The fourth-order valence-electron chi connectivity index (χ4n) is 3.31. The Bertz CT molecular complexity index is 801. The van der Waals surface area contributed by atoms with Crippen LogP contribution in [0.3, 0.4) is 0 Å². The summed E-state index contributed by atoms with van der Waals surface area (Å²) in [5.41, 5.74) is 3.23. The molecule has 0 bridgehead atoms. The number of benzene rings is 2. The average molecular weight is 324 g/mol. The van der Waals surface area contributed by atoms with E-state index in [1.807, 2.05) is 32.2 Å². The monoisotopic (exact) mass is 324 g/mol. The maximum atomic E-state index is 5.85. The van der Waals surface area contributed by atoms with Crippen LogP contribution in [0.15, 0.2) is 41.4 Å². The van der Waals surface area contributed by atoms with Crippen LogP contribution in [0.1, 0.15) is 30.4 Å². The molecule has 1 atom stereocenters. The molecule has 5 nitrogen and oxygen atoms in total. The van der Waals surface area contributed by atoms with Crippen LogP contribution in [-0.2, 0) is 0 Å². The number of aliphatic imine (C=N–C) groups is 1. The van der Waals surface area contributed by atoms with E-state index >= 15 is 0 Å². The van der Waals surface area contributed by atoms with Crippen molar-refractivity contribution in [3.63, 3.8) is 0 Å². The molecule has 0 aliphatic carbocycles. The fourth-order valence-corrected chi connectivity index (χ4v) is 3.31. The number of rotatable bonds is 3. The summed E-state index contributed by atoms with van der Waals surface area (Å²) in [7, 11) is 1.91. The minimum atomic E-state index is 0.164. The third-order valence-electron chi connectivity index (χ3n) is 4.43. The number of para-hydroxylation sites is 1. The van der Waals surface area contributed by atoms with E-state index in [2.05, 4.69) is 23.5 Å². The van der Waals surface area contributed by atoms with Crippen molar-refractivity contribution >= 4 is 11.5 Å². The molecule has 0 saturated heterocycles. The van der Waals surface area contributed by atoms with Crippen LogP contribution in [-0.4, -0.2) is 26.3 Å². The lowest BCUT2D eigenvalue weighted by Gasteiger charge is -2.26. The average Bonchev–Trinajstić information content (AvgIpc) is 3.07. The summed E-state index contributed by atoms with van der Waals surface area (Å²) in [6.45, 7) is 2.91. The summed E-state index contributed by atoms with van der Waals surface area (Å²) >= 11 is 0. The van der Waals surface area contributed by atoms with Crippen LogP contribution in [0.5, 0.6) is 17.2 Å². The Morgan fingerprint density at radius 2 is 1.96 bits per heavy atom. The van der Waals surface area contributed by atoms with E-state index < -0.39 is 0 Å². The van der Waals surface area contributed by atoms with Gasteiger partial charge in [0.15, 0.2) is 11.5 Å². The van der Waals surface area contributed by atoms with Gasteiger partial charge < -0.3 is 19.5 Å². The van der Waals surface area contributed by atoms with E-state index in [0.29, 0.717) is 6.61 Å². The van der Waals surface area contributed by atoms with Crippen molar-refractivity contribution in [2.24, 2.45) is 4.99 Å². The Kier molecular flexibility index (Phi) is 3.76. The van der Waals surface area contributed by atoms with Gasteiger partial charge in [-0.15, -0.1) is 0 Å². The van der Waals surface area contributed by atoms with Gasteiger partial charge in [-0.2, -0.15) is 0 Å². The molecule has 2 heterocycles. The van der Waals surface area contributed by atoms with Crippen molar-refractivity contribution in [1.82, 2.24) is 5.32 Å². The van der Waals surface area contributed by atoms with Crippen LogP contribution in [0.2, 0.25) is 0 Å². The predicted octanol–water partition coefficient (Wildman–Crippen LogP) is 3.60. The Balaban J connectivity index is 1.85. The first-order valence-corrected chi connectivity index (χ1v) is 8.20. The number of amidine groups is 1. The fraction of sp³-hybridized carbons (Fsp3) is 0.316. The topological polar surface area (TPSA) is 52.1 Å². The van der Waals surface area contributed by atoms with Gasteiger partial charge in [-0.1, -0.05) is 18.2 Å². The van der Waals surface area contributed by atoms with Gasteiger partial charge in [-0.05, 0) is 24.6 Å². The van der Waals surface area contributed by atoms with Gasteiger partial charge in [0.1, 0.15) is 11.6 Å². The number of nitrogens with one attached hydrogen (secondary N) is 1. The molecule has 0 fully saturated rings. The van der Waals surface area contributed by atoms with Crippen LogP contribution in [0, 0.1) is 0 Å². The molecule has 0 spiro atoms. The summed E-state index contributed by atoms with van der Waals surface area (Å²) in [4.78, 5) is 4.72. The summed E-state index contributed by atoms with van der Waals surface area (Å²) in [6, 6.07) is 12.2. The predicted molar refractivity (Wildman–Crippen MR) is 92.8 cm³/mol. The van der Waals surface area contributed by atoms with Crippen molar-refractivity contribution in [2.75, 3.05) is 20.4 Å². The second kappa shape index (κ2) is 6.07. The highest BCUT2D eigenvalue weighted by Gasteiger charge is 2.29. The molecule has 1 unspecified atom stereocenters. The molecule has 124 valence electrons. The summed E-state index contributed by atoms with van der Waals surface area (Å²) in [5.74, 6) is 3.59. The van der Waals surface area contributed by atoms with Crippen LogP contribution >= 0.6 is 0 Å². The zero-order valence-corrected chi connectivity index (χ0v) is 13.8. The van der Waals surface area contributed by atoms with E-state index in [0.717, 1.165) is 40.8 Å². The smallest absolute Gasteiger partial charge is 0.231 e. The van der Waals surface area contributed by atoms with Crippen molar-refractivity contribution in [3.05, 3.63) is 47.5 Å². The number of ether oxygens (including phenoxy) is 3. The van der Waals surface area contributed by atoms with Gasteiger partial charge in [0.2, 0.25) is 6.79 Å². The van der Waals surface area contributed by atoms with E-state index in [1.165, 1.54) is 5.56 Å². The number of fused-ring (bicyclic) bond motifs is 2. The van der Waals surface area contributed by atoms with Crippen molar-refractivity contribution in [1.29, 1.82) is 0 Å². The van der Waals surface area contributed by atoms with Crippen molar-refractivity contribution < 1.29 is 14.2 Å². The highest BCUT2D eigenvalue weighted by Crippen LogP contribution is 2.47. The molecule has 2 aromatic carbocycles. The van der Waals surface area contributed by atoms with E-state index in [-0.39, 0.29) is 12.7 Å². The second-order valence-corrected chi connectivity index (χ2v) is 5.80. The lowest BCUT2D eigenvalue weighted by Crippen LogP contribution is -2.24. The first-order valence-electron chi connectivity index (χ1n) is 8.20. The maximum Gasteiger partial charge on any atom is 0.231 e. The molecule has 0 aromatic heterocycles. The third kappa shape index (κ3) is 2.46. The van der Waals surface area contributed by atoms with Crippen molar-refractivity contribution in [3.8, 4) is 17.2 Å². The van der Waals surface area contributed by atoms with Crippen LogP contribution < -0.4 is 19.5 Å². The molecule has 24 heavy (non-hydrogen) atoms. The van der Waals surface area contributed by atoms with Gasteiger partial charge in [0.05, 0.1) is 12.3 Å². The molecule has 2 aromatic rings. The molecule has 5 heteroatoms.